The molecule has 0 aliphatic carbocycles. The van der Waals surface area contributed by atoms with Crippen LogP contribution in [0.3, 0.4) is 0 Å². The number of anilines is 2. The van der Waals surface area contributed by atoms with Crippen LogP contribution in [0.25, 0.3) is 0 Å². The topological polar surface area (TPSA) is 60.9 Å². The molecule has 1 saturated heterocycles. The van der Waals surface area contributed by atoms with Gasteiger partial charge >= 0.3 is 12.0 Å². The maximum Gasteiger partial charge on any atom is 0.335 e. The van der Waals surface area contributed by atoms with Gasteiger partial charge in [0.2, 0.25) is 0 Å². The lowest BCUT2D eigenvalue weighted by molar-refractivity contribution is 0.0697. The minimum absolute atomic E-state index is 0.0227. The Morgan fingerprint density at radius 2 is 1.24 bits per heavy atom. The Kier molecular flexibility index (Phi) is 5.20. The molecule has 3 rings (SSSR count). The number of hydrogen-bond acceptors (Lipinski definition) is 2. The molecule has 1 aliphatic rings. The molecule has 0 spiro atoms. The number of nitrogens with zero attached hydrogens (tertiary/aromatic N) is 2. The van der Waals surface area contributed by atoms with Crippen LogP contribution in [0, 0.1) is 0 Å². The zero-order valence-electron chi connectivity index (χ0n) is 18.1. The van der Waals surface area contributed by atoms with Crippen LogP contribution in [-0.4, -0.2) is 30.2 Å². The van der Waals surface area contributed by atoms with E-state index in [4.69, 9.17) is 5.11 Å². The summed E-state index contributed by atoms with van der Waals surface area (Å²) in [6.45, 7) is 14.2. The van der Waals surface area contributed by atoms with E-state index in [1.165, 1.54) is 23.3 Å². The number of carboxylic acid groups (broad SMARTS) is 1. The summed E-state index contributed by atoms with van der Waals surface area (Å²) >= 11 is 0. The second kappa shape index (κ2) is 7.21. The molecule has 1 fully saturated rings. The van der Waals surface area contributed by atoms with E-state index >= 15 is 0 Å². The highest BCUT2D eigenvalue weighted by atomic mass is 16.4. The molecule has 2 aromatic rings. The molecule has 0 unspecified atom stereocenters. The van der Waals surface area contributed by atoms with Crippen molar-refractivity contribution in [1.29, 1.82) is 0 Å². The lowest BCUT2D eigenvalue weighted by Crippen LogP contribution is -2.32. The molecule has 0 saturated carbocycles. The largest absolute Gasteiger partial charge is 0.478 e. The number of carboxylic acids is 1. The zero-order valence-corrected chi connectivity index (χ0v) is 18.1. The van der Waals surface area contributed by atoms with Gasteiger partial charge in [0, 0.05) is 24.5 Å². The smallest absolute Gasteiger partial charge is 0.335 e. The van der Waals surface area contributed by atoms with Gasteiger partial charge in [-0.2, -0.15) is 0 Å². The molecule has 5 nitrogen and oxygen atoms in total. The molecule has 2 amide bonds. The van der Waals surface area contributed by atoms with E-state index in [-0.39, 0.29) is 22.4 Å². The number of benzene rings is 2. The summed E-state index contributed by atoms with van der Waals surface area (Å²) in [6.07, 6.45) is 0. The lowest BCUT2D eigenvalue weighted by Gasteiger charge is -2.28. The van der Waals surface area contributed by atoms with Crippen LogP contribution in [-0.2, 0) is 10.8 Å². The highest BCUT2D eigenvalue weighted by Gasteiger charge is 2.32. The maximum atomic E-state index is 13.2. The third-order valence-electron chi connectivity index (χ3n) is 5.40. The summed E-state index contributed by atoms with van der Waals surface area (Å²) in [5, 5.41) is 9.08. The number of carbonyl (C=O) groups excluding carboxylic acids is 1. The number of hydrogen-bond donors (Lipinski definition) is 1. The number of aromatic carboxylic acids is 1. The summed E-state index contributed by atoms with van der Waals surface area (Å²) in [4.78, 5) is 27.8. The van der Waals surface area contributed by atoms with Crippen molar-refractivity contribution in [2.24, 2.45) is 0 Å². The van der Waals surface area contributed by atoms with Gasteiger partial charge in [-0.15, -0.1) is 0 Å². The van der Waals surface area contributed by atoms with Crippen LogP contribution in [0.15, 0.2) is 42.5 Å². The van der Waals surface area contributed by atoms with Crippen molar-refractivity contribution in [2.45, 2.75) is 52.4 Å². The Bertz CT molecular complexity index is 902. The fraction of sp³-hybridized carbons (Fsp3) is 0.417. The predicted octanol–water partition coefficient (Wildman–Crippen LogP) is 5.43. The first-order chi connectivity index (χ1) is 13.4. The first kappa shape index (κ1) is 20.9. The van der Waals surface area contributed by atoms with Crippen molar-refractivity contribution >= 4 is 23.4 Å². The van der Waals surface area contributed by atoms with E-state index in [2.05, 4.69) is 59.7 Å². The third kappa shape index (κ3) is 4.29. The Morgan fingerprint density at radius 3 is 1.66 bits per heavy atom. The van der Waals surface area contributed by atoms with E-state index in [1.807, 2.05) is 4.90 Å². The highest BCUT2D eigenvalue weighted by molar-refractivity contribution is 6.06. The van der Waals surface area contributed by atoms with E-state index < -0.39 is 5.97 Å². The molecule has 0 aromatic heterocycles. The first-order valence-electron chi connectivity index (χ1n) is 9.96. The highest BCUT2D eigenvalue weighted by Crippen LogP contribution is 2.35. The van der Waals surface area contributed by atoms with Crippen LogP contribution in [0.5, 0.6) is 0 Å². The van der Waals surface area contributed by atoms with Crippen LogP contribution in [0.1, 0.15) is 63.0 Å². The molecule has 0 bridgehead atoms. The van der Waals surface area contributed by atoms with Crippen molar-refractivity contribution in [1.82, 2.24) is 0 Å². The van der Waals surface area contributed by atoms with Crippen LogP contribution < -0.4 is 9.80 Å². The van der Waals surface area contributed by atoms with Gasteiger partial charge in [0.05, 0.1) is 5.56 Å². The average Bonchev–Trinajstić information content (AvgIpc) is 3.01. The van der Waals surface area contributed by atoms with Crippen LogP contribution in [0.2, 0.25) is 0 Å². The minimum atomic E-state index is -0.973. The maximum absolute atomic E-state index is 13.2. The fourth-order valence-corrected chi connectivity index (χ4v) is 3.43. The Morgan fingerprint density at radius 1 is 0.793 bits per heavy atom. The zero-order chi connectivity index (χ0) is 21.6. The standard InChI is InChI=1S/C24H30N2O3/c1-23(2,3)17-13-18(24(4,5)6)15-20(14-17)26-12-11-25(22(26)29)19-9-7-16(8-10-19)21(27)28/h7-10,13-15H,11-12H2,1-6H3,(H,27,28). The summed E-state index contributed by atoms with van der Waals surface area (Å²) in [5.74, 6) is -0.973. The second-order valence-corrected chi connectivity index (χ2v) is 9.71. The van der Waals surface area contributed by atoms with Crippen molar-refractivity contribution in [3.63, 3.8) is 0 Å². The third-order valence-corrected chi connectivity index (χ3v) is 5.40. The van der Waals surface area contributed by atoms with Gasteiger partial charge in [-0.3, -0.25) is 9.80 Å². The van der Waals surface area contributed by atoms with Gasteiger partial charge in [-0.25, -0.2) is 9.59 Å². The van der Waals surface area contributed by atoms with Gasteiger partial charge in [-0.05, 0) is 58.4 Å². The minimum Gasteiger partial charge on any atom is -0.478 e. The number of carbonyl (C=O) groups is 2. The summed E-state index contributed by atoms with van der Waals surface area (Å²) < 4.78 is 0. The number of urea groups is 1. The van der Waals surface area contributed by atoms with E-state index in [0.29, 0.717) is 18.8 Å². The quantitative estimate of drug-likeness (QED) is 0.755. The molecule has 5 heteroatoms. The van der Waals surface area contributed by atoms with Gasteiger partial charge in [-0.1, -0.05) is 47.6 Å². The van der Waals surface area contributed by atoms with Crippen molar-refractivity contribution < 1.29 is 14.7 Å². The van der Waals surface area contributed by atoms with Gasteiger partial charge in [0.15, 0.2) is 0 Å². The SMILES string of the molecule is CC(C)(C)c1cc(N2CCN(c3ccc(C(=O)O)cc3)C2=O)cc(C(C)(C)C)c1. The predicted molar refractivity (Wildman–Crippen MR) is 117 cm³/mol. The molecule has 0 atom stereocenters. The molecule has 154 valence electrons. The van der Waals surface area contributed by atoms with E-state index in [1.54, 1.807) is 17.0 Å². The van der Waals surface area contributed by atoms with Gasteiger partial charge in [0.25, 0.3) is 0 Å². The number of amides is 2. The molecular weight excluding hydrogens is 364 g/mol. The lowest BCUT2D eigenvalue weighted by atomic mass is 9.80. The molecule has 1 N–H and O–H groups in total. The van der Waals surface area contributed by atoms with Gasteiger partial charge < -0.3 is 5.11 Å². The first-order valence-corrected chi connectivity index (χ1v) is 9.96. The monoisotopic (exact) mass is 394 g/mol. The summed E-state index contributed by atoms with van der Waals surface area (Å²) in [7, 11) is 0. The van der Waals surface area contributed by atoms with E-state index in [0.717, 1.165) is 5.69 Å². The molecule has 0 radical (unpaired) electrons. The molecule has 2 aromatic carbocycles. The van der Waals surface area contributed by atoms with Crippen LogP contribution >= 0.6 is 0 Å². The number of rotatable bonds is 3. The van der Waals surface area contributed by atoms with Crippen molar-refractivity contribution in [3.8, 4) is 0 Å². The average molecular weight is 395 g/mol. The van der Waals surface area contributed by atoms with Crippen molar-refractivity contribution in [2.75, 3.05) is 22.9 Å². The van der Waals surface area contributed by atoms with E-state index in [9.17, 15) is 9.59 Å². The Hall–Kier alpha value is -2.82. The molecule has 1 aliphatic heterocycles. The molecular formula is C24H30N2O3. The summed E-state index contributed by atoms with van der Waals surface area (Å²) in [5.41, 5.74) is 4.21. The Balaban J connectivity index is 1.95. The van der Waals surface area contributed by atoms with Gasteiger partial charge in [0.1, 0.15) is 0 Å². The molecule has 29 heavy (non-hydrogen) atoms. The summed E-state index contributed by atoms with van der Waals surface area (Å²) in [6, 6.07) is 12.8. The Labute approximate surface area is 172 Å². The molecule has 1 heterocycles. The second-order valence-electron chi connectivity index (χ2n) is 9.71. The fourth-order valence-electron chi connectivity index (χ4n) is 3.43. The van der Waals surface area contributed by atoms with Crippen LogP contribution in [0.4, 0.5) is 16.2 Å². The van der Waals surface area contributed by atoms with Crippen molar-refractivity contribution in [3.05, 3.63) is 59.2 Å². The normalized spacial score (nSPS) is 15.2.